The average molecular weight is 231 g/mol. The molecule has 0 N–H and O–H groups in total. The third-order valence-electron chi connectivity index (χ3n) is 3.01. The van der Waals surface area contributed by atoms with E-state index in [1.54, 1.807) is 0 Å². The Morgan fingerprint density at radius 2 is 2.06 bits per heavy atom. The molecule has 0 saturated carbocycles. The normalized spacial score (nSPS) is 18.1. The van der Waals surface area contributed by atoms with Crippen LogP contribution in [0.1, 0.15) is 19.4 Å². The van der Waals surface area contributed by atoms with Crippen LogP contribution in [0, 0.1) is 0 Å². The van der Waals surface area contributed by atoms with E-state index in [0.717, 1.165) is 26.2 Å². The Balaban J connectivity index is 1.79. The maximum atomic E-state index is 5.55. The lowest BCUT2D eigenvalue weighted by atomic mass is 10.1. The van der Waals surface area contributed by atoms with Gasteiger partial charge in [-0.2, -0.15) is 0 Å². The Morgan fingerprint density at radius 3 is 2.71 bits per heavy atom. The van der Waals surface area contributed by atoms with Crippen LogP contribution in [0.5, 0.6) is 0 Å². The van der Waals surface area contributed by atoms with Gasteiger partial charge in [-0.25, -0.2) is 0 Å². The first-order valence-electron chi connectivity index (χ1n) is 6.34. The van der Waals surface area contributed by atoms with Gasteiger partial charge in [-0.3, -0.25) is 4.90 Å². The van der Waals surface area contributed by atoms with E-state index in [0.29, 0.717) is 6.10 Å². The molecule has 0 unspecified atom stereocenters. The first kappa shape index (κ1) is 12.3. The van der Waals surface area contributed by atoms with E-state index < -0.39 is 0 Å². The number of hydrogen-bond acceptors (Lipinski definition) is 2. The molecule has 2 heteroatoms. The van der Waals surface area contributed by atoms with Crippen LogP contribution in [0.4, 0.5) is 0 Å². The lowest BCUT2D eigenvalue weighted by molar-refractivity contribution is -0.0452. The van der Waals surface area contributed by atoms with Gasteiger partial charge in [0.15, 0.2) is 0 Å². The van der Waals surface area contributed by atoms with Gasteiger partial charge in [0.05, 0.1) is 6.10 Å². The molecule has 0 aliphatic carbocycles. The van der Waals surface area contributed by atoms with Crippen LogP contribution in [0.3, 0.4) is 0 Å². The SMILES string of the molecule is CCOC1CN(CC(C)=Cc2ccccc2)C1. The molecular weight excluding hydrogens is 210 g/mol. The zero-order valence-electron chi connectivity index (χ0n) is 10.7. The molecule has 1 fully saturated rings. The summed E-state index contributed by atoms with van der Waals surface area (Å²) in [6.07, 6.45) is 2.72. The maximum Gasteiger partial charge on any atom is 0.0828 e. The summed E-state index contributed by atoms with van der Waals surface area (Å²) in [5, 5.41) is 0. The van der Waals surface area contributed by atoms with Crippen LogP contribution in [-0.2, 0) is 4.74 Å². The Hall–Kier alpha value is -1.12. The van der Waals surface area contributed by atoms with E-state index >= 15 is 0 Å². The van der Waals surface area contributed by atoms with Crippen LogP contribution < -0.4 is 0 Å². The van der Waals surface area contributed by atoms with Crippen molar-refractivity contribution >= 4 is 6.08 Å². The van der Waals surface area contributed by atoms with Crippen molar-refractivity contribution in [2.24, 2.45) is 0 Å². The highest BCUT2D eigenvalue weighted by molar-refractivity contribution is 5.52. The number of ether oxygens (including phenoxy) is 1. The number of benzene rings is 1. The van der Waals surface area contributed by atoms with Gasteiger partial charge in [0.2, 0.25) is 0 Å². The van der Waals surface area contributed by atoms with Crippen molar-refractivity contribution in [3.8, 4) is 0 Å². The van der Waals surface area contributed by atoms with Crippen molar-refractivity contribution in [3.63, 3.8) is 0 Å². The summed E-state index contributed by atoms with van der Waals surface area (Å²) in [5.41, 5.74) is 2.69. The molecule has 0 spiro atoms. The predicted octanol–water partition coefficient (Wildman–Crippen LogP) is 2.81. The second-order valence-electron chi connectivity index (χ2n) is 4.67. The van der Waals surface area contributed by atoms with Gasteiger partial charge in [0.25, 0.3) is 0 Å². The van der Waals surface area contributed by atoms with Crippen LogP contribution in [-0.4, -0.2) is 37.2 Å². The number of hydrogen-bond donors (Lipinski definition) is 0. The van der Waals surface area contributed by atoms with Gasteiger partial charge in [0, 0.05) is 26.2 Å². The Kier molecular flexibility index (Phi) is 4.35. The first-order valence-corrected chi connectivity index (χ1v) is 6.34. The van der Waals surface area contributed by atoms with Gasteiger partial charge in [-0.15, -0.1) is 0 Å². The summed E-state index contributed by atoms with van der Waals surface area (Å²) in [6, 6.07) is 10.5. The number of likely N-dealkylation sites (tertiary alicyclic amines) is 1. The fraction of sp³-hybridized carbons (Fsp3) is 0.467. The Labute approximate surface area is 104 Å². The van der Waals surface area contributed by atoms with Gasteiger partial charge >= 0.3 is 0 Å². The quantitative estimate of drug-likeness (QED) is 0.772. The van der Waals surface area contributed by atoms with Crippen molar-refractivity contribution in [1.29, 1.82) is 0 Å². The largest absolute Gasteiger partial charge is 0.376 e. The van der Waals surface area contributed by atoms with Crippen LogP contribution in [0.15, 0.2) is 35.9 Å². The van der Waals surface area contributed by atoms with E-state index in [2.05, 4.69) is 55.2 Å². The highest BCUT2D eigenvalue weighted by atomic mass is 16.5. The topological polar surface area (TPSA) is 12.5 Å². The Bertz CT molecular complexity index is 366. The Morgan fingerprint density at radius 1 is 1.35 bits per heavy atom. The zero-order chi connectivity index (χ0) is 12.1. The number of nitrogens with zero attached hydrogens (tertiary/aromatic N) is 1. The van der Waals surface area contributed by atoms with Crippen LogP contribution in [0.2, 0.25) is 0 Å². The standard InChI is InChI=1S/C15H21NO/c1-3-17-15-11-16(12-15)10-13(2)9-14-7-5-4-6-8-14/h4-9,15H,3,10-12H2,1-2H3. The van der Waals surface area contributed by atoms with Crippen molar-refractivity contribution < 1.29 is 4.74 Å². The second-order valence-corrected chi connectivity index (χ2v) is 4.67. The molecule has 1 aliphatic heterocycles. The van der Waals surface area contributed by atoms with Crippen LogP contribution >= 0.6 is 0 Å². The second kappa shape index (κ2) is 5.99. The molecule has 92 valence electrons. The lowest BCUT2D eigenvalue weighted by Crippen LogP contribution is -2.52. The molecule has 0 bridgehead atoms. The highest BCUT2D eigenvalue weighted by Crippen LogP contribution is 2.15. The number of rotatable bonds is 5. The van der Waals surface area contributed by atoms with Gasteiger partial charge in [-0.05, 0) is 19.4 Å². The van der Waals surface area contributed by atoms with Crippen molar-refractivity contribution in [1.82, 2.24) is 4.90 Å². The fourth-order valence-corrected chi connectivity index (χ4v) is 2.22. The van der Waals surface area contributed by atoms with Gasteiger partial charge in [-0.1, -0.05) is 42.0 Å². The molecular formula is C15H21NO. The predicted molar refractivity (Wildman–Crippen MR) is 71.9 cm³/mol. The smallest absolute Gasteiger partial charge is 0.0828 e. The molecule has 0 aromatic heterocycles. The molecule has 17 heavy (non-hydrogen) atoms. The summed E-state index contributed by atoms with van der Waals surface area (Å²) in [5.74, 6) is 0. The molecule has 0 radical (unpaired) electrons. The average Bonchev–Trinajstić information content (AvgIpc) is 2.27. The van der Waals surface area contributed by atoms with Crippen molar-refractivity contribution in [2.75, 3.05) is 26.2 Å². The maximum absolute atomic E-state index is 5.55. The van der Waals surface area contributed by atoms with E-state index in [9.17, 15) is 0 Å². The third-order valence-corrected chi connectivity index (χ3v) is 3.01. The molecule has 1 aromatic rings. The van der Waals surface area contributed by atoms with Gasteiger partial charge < -0.3 is 4.74 Å². The summed E-state index contributed by atoms with van der Waals surface area (Å²) in [7, 11) is 0. The molecule has 0 amide bonds. The van der Waals surface area contributed by atoms with Crippen molar-refractivity contribution in [3.05, 3.63) is 41.5 Å². The molecule has 1 saturated heterocycles. The zero-order valence-corrected chi connectivity index (χ0v) is 10.7. The summed E-state index contributed by atoms with van der Waals surface area (Å²) < 4.78 is 5.55. The molecule has 2 rings (SSSR count). The van der Waals surface area contributed by atoms with E-state index in [4.69, 9.17) is 4.74 Å². The molecule has 1 aliphatic rings. The summed E-state index contributed by atoms with van der Waals surface area (Å²) in [4.78, 5) is 2.43. The van der Waals surface area contributed by atoms with E-state index in [1.165, 1.54) is 11.1 Å². The summed E-state index contributed by atoms with van der Waals surface area (Å²) in [6.45, 7) is 8.29. The van der Waals surface area contributed by atoms with Crippen molar-refractivity contribution in [2.45, 2.75) is 20.0 Å². The van der Waals surface area contributed by atoms with E-state index in [1.807, 2.05) is 0 Å². The molecule has 2 nitrogen and oxygen atoms in total. The third kappa shape index (κ3) is 3.69. The lowest BCUT2D eigenvalue weighted by Gasteiger charge is -2.38. The highest BCUT2D eigenvalue weighted by Gasteiger charge is 2.26. The van der Waals surface area contributed by atoms with Crippen LogP contribution in [0.25, 0.3) is 6.08 Å². The molecule has 1 heterocycles. The minimum Gasteiger partial charge on any atom is -0.376 e. The van der Waals surface area contributed by atoms with E-state index in [-0.39, 0.29) is 0 Å². The fourth-order valence-electron chi connectivity index (χ4n) is 2.22. The monoisotopic (exact) mass is 231 g/mol. The van der Waals surface area contributed by atoms with Gasteiger partial charge in [0.1, 0.15) is 0 Å². The minimum absolute atomic E-state index is 0.463. The molecule has 1 aromatic carbocycles. The summed E-state index contributed by atoms with van der Waals surface area (Å²) >= 11 is 0. The minimum atomic E-state index is 0.463. The molecule has 0 atom stereocenters. The first-order chi connectivity index (χ1) is 8.28.